The van der Waals surface area contributed by atoms with Crippen LogP contribution in [0.4, 0.5) is 12.9 Å². The van der Waals surface area contributed by atoms with E-state index in [0.717, 1.165) is 6.07 Å². The van der Waals surface area contributed by atoms with Gasteiger partial charge in [0.1, 0.15) is 0 Å². The maximum atomic E-state index is 12.2. The van der Waals surface area contributed by atoms with E-state index >= 15 is 0 Å². The van der Waals surface area contributed by atoms with Crippen LogP contribution in [0.3, 0.4) is 0 Å². The first-order valence-corrected chi connectivity index (χ1v) is 3.93. The van der Waals surface area contributed by atoms with Crippen LogP contribution in [0.25, 0.3) is 0 Å². The molecule has 0 fully saturated rings. The van der Waals surface area contributed by atoms with E-state index in [-0.39, 0.29) is 62.8 Å². The summed E-state index contributed by atoms with van der Waals surface area (Å²) < 4.78 is 36.7. The van der Waals surface area contributed by atoms with Gasteiger partial charge in [-0.3, -0.25) is 0 Å². The predicted molar refractivity (Wildman–Crippen MR) is 44.7 cm³/mol. The van der Waals surface area contributed by atoms with Crippen LogP contribution in [0.5, 0.6) is 0 Å². The van der Waals surface area contributed by atoms with Crippen molar-refractivity contribution in [1.29, 1.82) is 0 Å². The number of halogens is 4. The molecule has 1 rings (SSSR count). The monoisotopic (exact) mass is 232 g/mol. The summed E-state index contributed by atoms with van der Waals surface area (Å²) in [6, 6.07) is 5.35. The SMILES string of the molecule is F[B-](F)(F)c1ccccc1CCl.[K+]. The van der Waals surface area contributed by atoms with Crippen molar-refractivity contribution in [3.05, 3.63) is 29.8 Å². The Balaban J connectivity index is 0.00000144. The number of alkyl halides is 1. The molecule has 13 heavy (non-hydrogen) atoms. The van der Waals surface area contributed by atoms with Crippen LogP contribution < -0.4 is 56.8 Å². The zero-order valence-corrected chi connectivity index (χ0v) is 11.0. The molecule has 0 aliphatic heterocycles. The van der Waals surface area contributed by atoms with Crippen molar-refractivity contribution < 1.29 is 64.3 Å². The van der Waals surface area contributed by atoms with Gasteiger partial charge >= 0.3 is 58.4 Å². The average Bonchev–Trinajstić information content (AvgIpc) is 2.03. The molecule has 0 spiro atoms. The van der Waals surface area contributed by atoms with Crippen LogP contribution in [0.15, 0.2) is 24.3 Å². The van der Waals surface area contributed by atoms with Gasteiger partial charge in [-0.25, -0.2) is 0 Å². The van der Waals surface area contributed by atoms with Crippen molar-refractivity contribution in [2.75, 3.05) is 0 Å². The summed E-state index contributed by atoms with van der Waals surface area (Å²) in [6.45, 7) is -4.92. The molecule has 0 aliphatic carbocycles. The molecule has 0 N–H and O–H groups in total. The third-order valence-corrected chi connectivity index (χ3v) is 1.84. The smallest absolute Gasteiger partial charge is 0.445 e. The standard InChI is InChI=1S/C7H6BClF3.K/c9-5-6-3-1-2-4-7(6)8(10,11)12;/h1-4H,5H2;/q-1;+1. The van der Waals surface area contributed by atoms with E-state index in [0.29, 0.717) is 0 Å². The maximum Gasteiger partial charge on any atom is 1.00 e. The molecule has 0 aromatic heterocycles. The molecule has 1 aromatic carbocycles. The number of rotatable bonds is 2. The van der Waals surface area contributed by atoms with Crippen molar-refractivity contribution in [2.24, 2.45) is 0 Å². The molecule has 0 saturated heterocycles. The molecule has 0 atom stereocenters. The van der Waals surface area contributed by atoms with Gasteiger partial charge in [-0.05, 0) is 0 Å². The van der Waals surface area contributed by atoms with Gasteiger partial charge in [-0.1, -0.05) is 29.8 Å². The Labute approximate surface area is 122 Å². The summed E-state index contributed by atoms with van der Waals surface area (Å²) in [5, 5.41) is 0. The van der Waals surface area contributed by atoms with Crippen LogP contribution >= 0.6 is 11.6 Å². The van der Waals surface area contributed by atoms with Gasteiger partial charge in [0, 0.05) is 5.88 Å². The normalized spacial score (nSPS) is 10.8. The zero-order valence-electron chi connectivity index (χ0n) is 7.11. The molecule has 0 aliphatic rings. The van der Waals surface area contributed by atoms with E-state index in [1.165, 1.54) is 12.1 Å². The van der Waals surface area contributed by atoms with Gasteiger partial charge in [0.25, 0.3) is 0 Å². The molecule has 0 unspecified atom stereocenters. The summed E-state index contributed by atoms with van der Waals surface area (Å²) in [5.74, 6) is -0.0998. The van der Waals surface area contributed by atoms with Gasteiger partial charge < -0.3 is 12.9 Å². The molecule has 66 valence electrons. The van der Waals surface area contributed by atoms with Crippen LogP contribution in [0.1, 0.15) is 5.56 Å². The van der Waals surface area contributed by atoms with E-state index in [2.05, 4.69) is 0 Å². The number of benzene rings is 1. The number of hydrogen-bond acceptors (Lipinski definition) is 0. The van der Waals surface area contributed by atoms with E-state index in [1.54, 1.807) is 6.07 Å². The molecule has 1 aromatic rings. The van der Waals surface area contributed by atoms with Crippen LogP contribution in [0.2, 0.25) is 0 Å². The minimum absolute atomic E-state index is 0. The molecule has 0 nitrogen and oxygen atoms in total. The third-order valence-electron chi connectivity index (χ3n) is 1.55. The minimum atomic E-state index is -4.92. The van der Waals surface area contributed by atoms with Crippen molar-refractivity contribution in [3.63, 3.8) is 0 Å². The second-order valence-corrected chi connectivity index (χ2v) is 2.67. The second-order valence-electron chi connectivity index (χ2n) is 2.41. The Morgan fingerprint density at radius 1 is 1.15 bits per heavy atom. The fourth-order valence-corrected chi connectivity index (χ4v) is 1.22. The third kappa shape index (κ3) is 3.93. The Bertz CT molecular complexity index is 277. The van der Waals surface area contributed by atoms with Gasteiger partial charge in [-0.2, -0.15) is 0 Å². The first-order chi connectivity index (χ1) is 5.55. The maximum absolute atomic E-state index is 12.2. The Morgan fingerprint density at radius 3 is 2.08 bits per heavy atom. The number of hydrogen-bond donors (Lipinski definition) is 0. The average molecular weight is 232 g/mol. The van der Waals surface area contributed by atoms with Crippen LogP contribution in [-0.4, -0.2) is 6.98 Å². The molecular weight excluding hydrogens is 226 g/mol. The predicted octanol–water partition coefficient (Wildman–Crippen LogP) is -0.516. The summed E-state index contributed by atoms with van der Waals surface area (Å²) >= 11 is 5.35. The molecular formula is C7H6BClF3K. The Kier molecular flexibility index (Phi) is 6.22. The molecule has 0 bridgehead atoms. The quantitative estimate of drug-likeness (QED) is 0.476. The Hall–Kier alpha value is 1.00. The van der Waals surface area contributed by atoms with Gasteiger partial charge in [-0.15, -0.1) is 17.1 Å². The molecule has 0 amide bonds. The summed E-state index contributed by atoms with van der Waals surface area (Å²) in [5.41, 5.74) is -0.445. The van der Waals surface area contributed by atoms with Crippen molar-refractivity contribution in [1.82, 2.24) is 0 Å². The van der Waals surface area contributed by atoms with E-state index in [4.69, 9.17) is 11.6 Å². The summed E-state index contributed by atoms with van der Waals surface area (Å²) in [4.78, 5) is 0. The van der Waals surface area contributed by atoms with Gasteiger partial charge in [0.05, 0.1) is 0 Å². The largest absolute Gasteiger partial charge is 1.00 e. The summed E-state index contributed by atoms with van der Waals surface area (Å²) in [6.07, 6.45) is 0. The first-order valence-electron chi connectivity index (χ1n) is 3.39. The molecule has 0 heterocycles. The zero-order chi connectivity index (χ0) is 9.19. The Morgan fingerprint density at radius 2 is 1.69 bits per heavy atom. The van der Waals surface area contributed by atoms with Crippen molar-refractivity contribution in [2.45, 2.75) is 5.88 Å². The van der Waals surface area contributed by atoms with E-state index in [9.17, 15) is 12.9 Å². The minimum Gasteiger partial charge on any atom is -0.445 e. The van der Waals surface area contributed by atoms with E-state index < -0.39 is 12.4 Å². The molecule has 0 saturated carbocycles. The second kappa shape index (κ2) is 5.78. The van der Waals surface area contributed by atoms with Gasteiger partial charge in [0.2, 0.25) is 0 Å². The van der Waals surface area contributed by atoms with E-state index in [1.807, 2.05) is 0 Å². The topological polar surface area (TPSA) is 0 Å². The van der Waals surface area contributed by atoms with Crippen molar-refractivity contribution in [3.8, 4) is 0 Å². The summed E-state index contributed by atoms with van der Waals surface area (Å²) in [7, 11) is 0. The van der Waals surface area contributed by atoms with Crippen LogP contribution in [0, 0.1) is 0 Å². The fourth-order valence-electron chi connectivity index (χ4n) is 0.975. The fraction of sp³-hybridized carbons (Fsp3) is 0.143. The first kappa shape index (κ1) is 14.0. The van der Waals surface area contributed by atoms with Crippen molar-refractivity contribution >= 4 is 24.0 Å². The van der Waals surface area contributed by atoms with Crippen LogP contribution in [-0.2, 0) is 5.88 Å². The van der Waals surface area contributed by atoms with Gasteiger partial charge in [0.15, 0.2) is 0 Å². The molecule has 6 heteroatoms. The molecule has 0 radical (unpaired) electrons.